The summed E-state index contributed by atoms with van der Waals surface area (Å²) >= 11 is 0. The van der Waals surface area contributed by atoms with Gasteiger partial charge in [0.2, 0.25) is 0 Å². The zero-order valence-corrected chi connectivity index (χ0v) is 25.8. The predicted octanol–water partition coefficient (Wildman–Crippen LogP) is 5.64. The molecule has 0 aliphatic heterocycles. The topological polar surface area (TPSA) is 129 Å². The van der Waals surface area contributed by atoms with Crippen molar-refractivity contribution >= 4 is 11.9 Å². The van der Waals surface area contributed by atoms with Gasteiger partial charge in [-0.2, -0.15) is 0 Å². The Bertz CT molecular complexity index is 2060. The molecule has 1 unspecified atom stereocenters. The van der Waals surface area contributed by atoms with E-state index in [1.54, 1.807) is 44.2 Å². The minimum Gasteiger partial charge on any atom is -0.497 e. The molecule has 2 aromatic heterocycles. The highest BCUT2D eigenvalue weighted by Crippen LogP contribution is 2.30. The number of aromatic amines is 1. The third-order valence-electron chi connectivity index (χ3n) is 8.00. The highest BCUT2D eigenvalue weighted by molar-refractivity contribution is 5.98. The van der Waals surface area contributed by atoms with Gasteiger partial charge in [-0.05, 0) is 74.2 Å². The quantitative estimate of drug-likeness (QED) is 0.204. The van der Waals surface area contributed by atoms with Crippen LogP contribution in [0.4, 0.5) is 0 Å². The highest BCUT2D eigenvalue weighted by Gasteiger charge is 2.25. The molecule has 0 spiro atoms. The summed E-state index contributed by atoms with van der Waals surface area (Å²) in [5.74, 6) is -0.0731. The first-order valence-electron chi connectivity index (χ1n) is 14.6. The van der Waals surface area contributed by atoms with E-state index in [2.05, 4.69) is 10.1 Å². The van der Waals surface area contributed by atoms with Gasteiger partial charge in [-0.25, -0.2) is 14.2 Å². The molecule has 45 heavy (non-hydrogen) atoms. The number of carbonyl (C=O) groups is 1. The van der Waals surface area contributed by atoms with Crippen LogP contribution in [0.3, 0.4) is 0 Å². The van der Waals surface area contributed by atoms with Crippen molar-refractivity contribution < 1.29 is 14.1 Å². The number of nitrogens with one attached hydrogen (secondary N) is 1. The zero-order valence-electron chi connectivity index (χ0n) is 25.8. The third-order valence-corrected chi connectivity index (χ3v) is 8.00. The minimum absolute atomic E-state index is 0.180. The van der Waals surface area contributed by atoms with Gasteiger partial charge in [-0.3, -0.25) is 23.7 Å². The van der Waals surface area contributed by atoms with Crippen molar-refractivity contribution in [3.05, 3.63) is 132 Å². The third kappa shape index (κ3) is 6.26. The van der Waals surface area contributed by atoms with Crippen molar-refractivity contribution in [2.75, 3.05) is 7.11 Å². The summed E-state index contributed by atoms with van der Waals surface area (Å²) < 4.78 is 12.5. The fourth-order valence-electron chi connectivity index (χ4n) is 5.21. The second-order valence-corrected chi connectivity index (χ2v) is 10.8. The molecular weight excluding hydrogens is 572 g/mol. The van der Waals surface area contributed by atoms with E-state index in [1.807, 2.05) is 62.4 Å². The standard InChI is InChI=1S/C35H34N4O6/c1-6-21(2)19-30-22(3)38(35(43)39(33(30)41)23(4)31(40)26-15-17-27(44-5)18-16-26)20-24-11-13-25(14-12-24)28-9-7-8-10-29(28)32-36-34(42)45-37-32/h7-19,23H,6,20H2,1-5H3,(H,36,37,42)/b21-19+. The number of allylic oxidation sites excluding steroid dienone is 1. The fraction of sp³-hybridized carbons (Fsp3) is 0.229. The van der Waals surface area contributed by atoms with Crippen LogP contribution in [0.15, 0.2) is 97.3 Å². The number of ketones is 1. The number of nitrogens with zero attached hydrogens (tertiary/aromatic N) is 3. The van der Waals surface area contributed by atoms with Gasteiger partial charge in [-0.1, -0.05) is 66.2 Å². The molecule has 0 fully saturated rings. The molecule has 230 valence electrons. The van der Waals surface area contributed by atoms with Crippen LogP contribution < -0.4 is 21.7 Å². The van der Waals surface area contributed by atoms with Gasteiger partial charge < -0.3 is 4.74 Å². The molecule has 10 nitrogen and oxygen atoms in total. The van der Waals surface area contributed by atoms with E-state index in [1.165, 1.54) is 11.7 Å². The number of H-pyrrole nitrogens is 1. The van der Waals surface area contributed by atoms with Crippen molar-refractivity contribution in [2.45, 2.75) is 46.7 Å². The maximum absolute atomic E-state index is 14.0. The molecular formula is C35H34N4O6. The number of benzene rings is 3. The van der Waals surface area contributed by atoms with Crippen LogP contribution >= 0.6 is 0 Å². The molecule has 0 bridgehead atoms. The summed E-state index contributed by atoms with van der Waals surface area (Å²) in [6.07, 6.45) is 2.52. The number of ether oxygens (including phenoxy) is 1. The van der Waals surface area contributed by atoms with E-state index < -0.39 is 23.0 Å². The first-order valence-corrected chi connectivity index (χ1v) is 14.6. The summed E-state index contributed by atoms with van der Waals surface area (Å²) in [5, 5.41) is 3.83. The van der Waals surface area contributed by atoms with Gasteiger partial charge in [0, 0.05) is 16.8 Å². The summed E-state index contributed by atoms with van der Waals surface area (Å²) in [5.41, 5.74) is 4.38. The average molecular weight is 607 g/mol. The number of methoxy groups -OCH3 is 1. The lowest BCUT2D eigenvalue weighted by molar-refractivity contribution is 0.0929. The van der Waals surface area contributed by atoms with Crippen LogP contribution in [0.5, 0.6) is 5.75 Å². The van der Waals surface area contributed by atoms with Gasteiger partial charge in [-0.15, -0.1) is 0 Å². The largest absolute Gasteiger partial charge is 0.497 e. The Morgan fingerprint density at radius 3 is 2.27 bits per heavy atom. The Morgan fingerprint density at radius 1 is 1.00 bits per heavy atom. The SMILES string of the molecule is CC/C(C)=C/c1c(C)n(Cc2ccc(-c3ccccc3-c3noc(=O)[nH]3)cc2)c(=O)n(C(C)C(=O)c2ccc(OC)cc2)c1=O. The number of hydrogen-bond donors (Lipinski definition) is 1. The smallest absolute Gasteiger partial charge is 0.439 e. The van der Waals surface area contributed by atoms with Crippen LogP contribution in [0.1, 0.15) is 60.4 Å². The van der Waals surface area contributed by atoms with Crippen LogP contribution in [0.25, 0.3) is 28.6 Å². The van der Waals surface area contributed by atoms with E-state index in [0.717, 1.165) is 33.3 Å². The van der Waals surface area contributed by atoms with Crippen LogP contribution in [-0.2, 0) is 6.54 Å². The maximum atomic E-state index is 14.0. The van der Waals surface area contributed by atoms with Crippen LogP contribution in [0.2, 0.25) is 0 Å². The van der Waals surface area contributed by atoms with E-state index >= 15 is 0 Å². The molecule has 0 radical (unpaired) electrons. The lowest BCUT2D eigenvalue weighted by Gasteiger charge is -2.20. The molecule has 0 aliphatic carbocycles. The van der Waals surface area contributed by atoms with Gasteiger partial charge in [0.15, 0.2) is 11.6 Å². The summed E-state index contributed by atoms with van der Waals surface area (Å²) in [7, 11) is 1.54. The lowest BCUT2D eigenvalue weighted by atomic mass is 9.98. The molecule has 0 saturated carbocycles. The van der Waals surface area contributed by atoms with E-state index in [-0.39, 0.29) is 12.3 Å². The van der Waals surface area contributed by atoms with Crippen LogP contribution in [0, 0.1) is 6.92 Å². The monoisotopic (exact) mass is 606 g/mol. The number of Topliss-reactive ketones (excluding diaryl/α,β-unsaturated/α-hetero) is 1. The molecule has 5 rings (SSSR count). The molecule has 3 aromatic carbocycles. The van der Waals surface area contributed by atoms with Gasteiger partial charge in [0.1, 0.15) is 11.8 Å². The second kappa shape index (κ2) is 13.0. The summed E-state index contributed by atoms with van der Waals surface area (Å²) in [6.45, 7) is 7.42. The van der Waals surface area contributed by atoms with Crippen molar-refractivity contribution in [2.24, 2.45) is 0 Å². The first kappa shape index (κ1) is 30.9. The lowest BCUT2D eigenvalue weighted by Crippen LogP contribution is -2.45. The number of hydrogen-bond acceptors (Lipinski definition) is 7. The van der Waals surface area contributed by atoms with E-state index in [9.17, 15) is 19.2 Å². The Hall–Kier alpha value is -5.51. The normalized spacial score (nSPS) is 12.2. The Morgan fingerprint density at radius 2 is 1.67 bits per heavy atom. The van der Waals surface area contributed by atoms with Crippen molar-refractivity contribution in [1.82, 2.24) is 19.3 Å². The zero-order chi connectivity index (χ0) is 32.2. The second-order valence-electron chi connectivity index (χ2n) is 10.8. The maximum Gasteiger partial charge on any atom is 0.439 e. The Labute approximate surface area is 259 Å². The van der Waals surface area contributed by atoms with E-state index in [4.69, 9.17) is 9.26 Å². The first-order chi connectivity index (χ1) is 21.6. The molecule has 0 saturated heterocycles. The molecule has 0 aliphatic rings. The van der Waals surface area contributed by atoms with Crippen molar-refractivity contribution in [3.8, 4) is 28.3 Å². The molecule has 1 atom stereocenters. The van der Waals surface area contributed by atoms with Crippen LogP contribution in [-0.4, -0.2) is 32.2 Å². The van der Waals surface area contributed by atoms with Gasteiger partial charge in [0.25, 0.3) is 5.56 Å². The number of carbonyl (C=O) groups excluding carboxylic acids is 1. The summed E-state index contributed by atoms with van der Waals surface area (Å²) in [4.78, 5) is 55.4. The minimum atomic E-state index is -1.04. The molecule has 10 heteroatoms. The molecule has 5 aromatic rings. The van der Waals surface area contributed by atoms with E-state index in [0.29, 0.717) is 34.0 Å². The summed E-state index contributed by atoms with van der Waals surface area (Å²) in [6, 6.07) is 20.7. The molecule has 0 amide bonds. The Balaban J connectivity index is 1.55. The molecule has 2 heterocycles. The Kier molecular flexibility index (Phi) is 8.94. The fourth-order valence-corrected chi connectivity index (χ4v) is 5.21. The number of aromatic nitrogens is 4. The van der Waals surface area contributed by atoms with Crippen molar-refractivity contribution in [3.63, 3.8) is 0 Å². The highest BCUT2D eigenvalue weighted by atomic mass is 16.5. The van der Waals surface area contributed by atoms with Gasteiger partial charge in [0.05, 0.1) is 19.2 Å². The van der Waals surface area contributed by atoms with Crippen molar-refractivity contribution in [1.29, 1.82) is 0 Å². The predicted molar refractivity (Wildman–Crippen MR) is 173 cm³/mol. The molecule has 1 N–H and O–H groups in total. The van der Waals surface area contributed by atoms with Gasteiger partial charge >= 0.3 is 11.4 Å². The number of rotatable bonds is 10. The average Bonchev–Trinajstić information content (AvgIpc) is 3.50.